The minimum atomic E-state index is -4.41. The molecule has 0 radical (unpaired) electrons. The van der Waals surface area contributed by atoms with Gasteiger partial charge in [-0.1, -0.05) is 6.07 Å². The minimum absolute atomic E-state index is 0.0595. The second-order valence-electron chi connectivity index (χ2n) is 8.16. The number of carboxylic acids is 1. The van der Waals surface area contributed by atoms with E-state index in [0.29, 0.717) is 47.3 Å². The van der Waals surface area contributed by atoms with Gasteiger partial charge in [0.25, 0.3) is 0 Å². The lowest BCUT2D eigenvalue weighted by Gasteiger charge is -2.18. The van der Waals surface area contributed by atoms with Crippen LogP contribution >= 0.6 is 0 Å². The van der Waals surface area contributed by atoms with E-state index in [0.717, 1.165) is 5.56 Å². The van der Waals surface area contributed by atoms with Crippen molar-refractivity contribution in [2.75, 3.05) is 36.5 Å². The molecular formula is C21H24F3N7O3. The Morgan fingerprint density at radius 1 is 1.29 bits per heavy atom. The van der Waals surface area contributed by atoms with Crippen LogP contribution in [0, 0.1) is 19.8 Å². The Kier molecular flexibility index (Phi) is 6.55. The highest BCUT2D eigenvalue weighted by atomic mass is 19.4. The zero-order valence-corrected chi connectivity index (χ0v) is 18.6. The second-order valence-corrected chi connectivity index (χ2v) is 8.16. The number of hydrogen-bond donors (Lipinski definition) is 2. The van der Waals surface area contributed by atoms with E-state index in [4.69, 9.17) is 4.74 Å². The van der Waals surface area contributed by atoms with E-state index in [2.05, 4.69) is 25.4 Å². The van der Waals surface area contributed by atoms with Crippen LogP contribution in [-0.2, 0) is 16.1 Å². The van der Waals surface area contributed by atoms with Gasteiger partial charge in [-0.05, 0) is 31.9 Å². The number of aromatic nitrogens is 5. The fourth-order valence-electron chi connectivity index (χ4n) is 3.75. The van der Waals surface area contributed by atoms with Gasteiger partial charge in [0, 0.05) is 19.3 Å². The van der Waals surface area contributed by atoms with Crippen LogP contribution in [0.3, 0.4) is 0 Å². The van der Waals surface area contributed by atoms with Gasteiger partial charge in [0.05, 0.1) is 24.8 Å². The number of rotatable bonds is 8. The summed E-state index contributed by atoms with van der Waals surface area (Å²) in [4.78, 5) is 26.8. The summed E-state index contributed by atoms with van der Waals surface area (Å²) in [6.07, 6.45) is -2.24. The number of aryl methyl sites for hydroxylation is 2. The maximum Gasteiger partial charge on any atom is 0.411 e. The number of alkyl halides is 3. The van der Waals surface area contributed by atoms with Gasteiger partial charge < -0.3 is 20.1 Å². The number of carboxylic acid groups (broad SMARTS) is 1. The van der Waals surface area contributed by atoms with Crippen LogP contribution < -0.4 is 10.2 Å². The van der Waals surface area contributed by atoms with Crippen molar-refractivity contribution in [2.45, 2.75) is 33.0 Å². The third-order valence-electron chi connectivity index (χ3n) is 5.44. The molecular weight excluding hydrogens is 455 g/mol. The molecule has 34 heavy (non-hydrogen) atoms. The molecule has 0 aliphatic carbocycles. The third kappa shape index (κ3) is 5.35. The Hall–Kier alpha value is -3.48. The van der Waals surface area contributed by atoms with E-state index in [-0.39, 0.29) is 19.7 Å². The molecule has 0 unspecified atom stereocenters. The van der Waals surface area contributed by atoms with Gasteiger partial charge in [0.15, 0.2) is 5.82 Å². The van der Waals surface area contributed by atoms with Gasteiger partial charge in [-0.25, -0.2) is 9.97 Å². The predicted molar refractivity (Wildman–Crippen MR) is 117 cm³/mol. The first-order valence-corrected chi connectivity index (χ1v) is 10.7. The molecule has 10 nitrogen and oxygen atoms in total. The van der Waals surface area contributed by atoms with E-state index >= 15 is 0 Å². The third-order valence-corrected chi connectivity index (χ3v) is 5.44. The molecule has 1 aliphatic rings. The Morgan fingerprint density at radius 2 is 2.09 bits per heavy atom. The van der Waals surface area contributed by atoms with E-state index < -0.39 is 24.7 Å². The molecule has 0 aromatic carbocycles. The van der Waals surface area contributed by atoms with Gasteiger partial charge in [0.2, 0.25) is 5.95 Å². The lowest BCUT2D eigenvalue weighted by atomic mass is 10.1. The number of nitrogens with zero attached hydrogens (tertiary/aromatic N) is 6. The monoisotopic (exact) mass is 479 g/mol. The molecule has 182 valence electrons. The van der Waals surface area contributed by atoms with E-state index in [1.807, 2.05) is 13.0 Å². The van der Waals surface area contributed by atoms with Crippen LogP contribution in [0.15, 0.2) is 18.3 Å². The summed E-state index contributed by atoms with van der Waals surface area (Å²) >= 11 is 0. The highest BCUT2D eigenvalue weighted by Gasteiger charge is 2.31. The number of fused-ring (bicyclic) bond motifs is 1. The zero-order chi connectivity index (χ0) is 24.5. The van der Waals surface area contributed by atoms with Gasteiger partial charge >= 0.3 is 12.1 Å². The van der Waals surface area contributed by atoms with Crippen LogP contribution in [0.5, 0.6) is 0 Å². The summed E-state index contributed by atoms with van der Waals surface area (Å²) in [7, 11) is 0. The predicted octanol–water partition coefficient (Wildman–Crippen LogP) is 3.07. The molecule has 2 N–H and O–H groups in total. The first-order valence-electron chi connectivity index (χ1n) is 10.7. The number of ether oxygens (including phenoxy) is 1. The Bertz CT molecular complexity index is 1180. The van der Waals surface area contributed by atoms with Crippen LogP contribution in [0.25, 0.3) is 11.0 Å². The largest absolute Gasteiger partial charge is 0.481 e. The Balaban J connectivity index is 1.69. The maximum atomic E-state index is 12.4. The molecule has 0 saturated carbocycles. The standard InChI is InChI=1S/C21H24F3N7O3/c1-12-3-4-15(25-9-12)26-18-17-16(13(2)29-31(17)7-8-34-11-21(22,23)24)27-20(28-18)30-6-5-14(10-30)19(32)33/h3-4,9,14H,5-8,10-11H2,1-2H3,(H,32,33)(H,25,26,27,28)/t14-/m0/s1. The summed E-state index contributed by atoms with van der Waals surface area (Å²) < 4.78 is 43.5. The van der Waals surface area contributed by atoms with E-state index in [1.54, 1.807) is 24.1 Å². The number of aliphatic carboxylic acids is 1. The van der Waals surface area contributed by atoms with Crippen LogP contribution in [0.2, 0.25) is 0 Å². The number of halogens is 3. The summed E-state index contributed by atoms with van der Waals surface area (Å²) in [5.74, 6) is -0.147. The number of pyridine rings is 1. The average molecular weight is 479 g/mol. The highest BCUT2D eigenvalue weighted by molar-refractivity contribution is 5.90. The normalized spacial score (nSPS) is 16.4. The molecule has 1 fully saturated rings. The van der Waals surface area contributed by atoms with Crippen LogP contribution in [0.4, 0.5) is 30.8 Å². The molecule has 1 aliphatic heterocycles. The first-order chi connectivity index (χ1) is 16.1. The molecule has 4 rings (SSSR count). The molecule has 13 heteroatoms. The number of nitrogens with one attached hydrogen (secondary N) is 1. The second kappa shape index (κ2) is 9.41. The molecule has 1 saturated heterocycles. The lowest BCUT2D eigenvalue weighted by molar-refractivity contribution is -0.174. The van der Waals surface area contributed by atoms with Gasteiger partial charge in [-0.3, -0.25) is 9.48 Å². The molecule has 3 aromatic heterocycles. The van der Waals surface area contributed by atoms with Crippen molar-refractivity contribution >= 4 is 34.6 Å². The fraction of sp³-hybridized carbons (Fsp3) is 0.476. The van der Waals surface area contributed by atoms with Crippen molar-refractivity contribution in [3.8, 4) is 0 Å². The maximum absolute atomic E-state index is 12.4. The molecule has 0 spiro atoms. The highest BCUT2D eigenvalue weighted by Crippen LogP contribution is 2.30. The average Bonchev–Trinajstić information content (AvgIpc) is 3.38. The number of carbonyl (C=O) groups is 1. The minimum Gasteiger partial charge on any atom is -0.481 e. The van der Waals surface area contributed by atoms with Crippen molar-refractivity contribution in [3.63, 3.8) is 0 Å². The quantitative estimate of drug-likeness (QED) is 0.470. The smallest absolute Gasteiger partial charge is 0.411 e. The molecule has 4 heterocycles. The van der Waals surface area contributed by atoms with Crippen LogP contribution in [-0.4, -0.2) is 68.3 Å². The number of anilines is 3. The van der Waals surface area contributed by atoms with Crippen molar-refractivity contribution < 1.29 is 27.8 Å². The summed E-state index contributed by atoms with van der Waals surface area (Å²) in [5, 5.41) is 16.9. The van der Waals surface area contributed by atoms with Gasteiger partial charge in [-0.15, -0.1) is 0 Å². The number of hydrogen-bond acceptors (Lipinski definition) is 8. The van der Waals surface area contributed by atoms with Gasteiger partial charge in [-0.2, -0.15) is 23.3 Å². The van der Waals surface area contributed by atoms with E-state index in [9.17, 15) is 23.1 Å². The van der Waals surface area contributed by atoms with Crippen molar-refractivity contribution in [1.29, 1.82) is 0 Å². The van der Waals surface area contributed by atoms with Crippen molar-refractivity contribution in [3.05, 3.63) is 29.6 Å². The lowest BCUT2D eigenvalue weighted by Crippen LogP contribution is -2.25. The molecule has 0 amide bonds. The van der Waals surface area contributed by atoms with Crippen LogP contribution in [0.1, 0.15) is 17.7 Å². The fourth-order valence-corrected chi connectivity index (χ4v) is 3.75. The van der Waals surface area contributed by atoms with Crippen molar-refractivity contribution in [1.82, 2.24) is 24.7 Å². The first kappa shape index (κ1) is 23.7. The summed E-state index contributed by atoms with van der Waals surface area (Å²) in [6.45, 7) is 2.93. The molecule has 3 aromatic rings. The van der Waals surface area contributed by atoms with E-state index in [1.165, 1.54) is 4.68 Å². The van der Waals surface area contributed by atoms with Gasteiger partial charge in [0.1, 0.15) is 23.5 Å². The van der Waals surface area contributed by atoms with Crippen molar-refractivity contribution in [2.24, 2.45) is 5.92 Å². The Labute approximate surface area is 192 Å². The summed E-state index contributed by atoms with van der Waals surface area (Å²) in [5.41, 5.74) is 2.53. The molecule has 1 atom stereocenters. The zero-order valence-electron chi connectivity index (χ0n) is 18.6. The topological polar surface area (TPSA) is 118 Å². The SMILES string of the molecule is Cc1ccc(Nc2nc(N3CC[C@H](C(=O)O)C3)nc3c(C)nn(CCOCC(F)(F)F)c23)nc1. The molecule has 0 bridgehead atoms. The Morgan fingerprint density at radius 3 is 2.74 bits per heavy atom. The summed E-state index contributed by atoms with van der Waals surface area (Å²) in [6, 6.07) is 3.65.